The SMILES string of the molecule is CC(C)(C)c1cc(C(F)(F)C(F)(F)C(F)(F)C(F)(F)C(F)(F)C(F)(F)C(F)(F)C(F)(F)F)c(C(C)(C)C)cc1C(F)(F)C(F)(F)C(F)(F)C(F)(F)C(F)(F)C(F)(F)C(F)(F)C(F)(F)F. The van der Waals surface area contributed by atoms with E-state index in [9.17, 15) is 114 Å². The maximum Gasteiger partial charge on any atom is 0.460 e. The van der Waals surface area contributed by atoms with Gasteiger partial charge in [0.05, 0.1) is 0 Å². The zero-order chi connectivity index (χ0) is 52.7. The van der Waals surface area contributed by atoms with E-state index >= 15 is 35.1 Å². The van der Waals surface area contributed by atoms with Gasteiger partial charge in [0.15, 0.2) is 0 Å². The number of hydrogen-bond acceptors (Lipinski definition) is 0. The van der Waals surface area contributed by atoms with E-state index in [0.717, 1.165) is 0 Å². The first-order valence-electron chi connectivity index (χ1n) is 15.6. The van der Waals surface area contributed by atoms with Crippen molar-refractivity contribution in [3.63, 3.8) is 0 Å². The molecule has 0 bridgehead atoms. The van der Waals surface area contributed by atoms with Gasteiger partial charge in [0.2, 0.25) is 0 Å². The van der Waals surface area contributed by atoms with Crippen LogP contribution in [0.2, 0.25) is 0 Å². The molecule has 34 heteroatoms. The molecular weight excluding hydrogens is 1010 g/mol. The Bertz CT molecular complexity index is 1740. The van der Waals surface area contributed by atoms with Gasteiger partial charge in [0.25, 0.3) is 0 Å². The summed E-state index contributed by atoms with van der Waals surface area (Å²) >= 11 is 0. The molecule has 0 unspecified atom stereocenters. The molecule has 1 aromatic rings. The van der Waals surface area contributed by atoms with Gasteiger partial charge in [-0.1, -0.05) is 41.5 Å². The van der Waals surface area contributed by atoms with E-state index in [1.807, 2.05) is 0 Å². The second kappa shape index (κ2) is 14.7. The molecule has 64 heavy (non-hydrogen) atoms. The van der Waals surface area contributed by atoms with Crippen molar-refractivity contribution in [2.45, 2.75) is 148 Å². The van der Waals surface area contributed by atoms with Gasteiger partial charge in [-0.15, -0.1) is 0 Å². The van der Waals surface area contributed by atoms with Crippen LogP contribution < -0.4 is 0 Å². The summed E-state index contributed by atoms with van der Waals surface area (Å²) in [5.74, 6) is -124. The minimum absolute atomic E-state index is 0.101. The lowest BCUT2D eigenvalue weighted by atomic mass is 9.72. The molecule has 0 saturated heterocycles. The lowest BCUT2D eigenvalue weighted by molar-refractivity contribution is -0.463. The van der Waals surface area contributed by atoms with Crippen LogP contribution in [-0.4, -0.2) is 83.4 Å². The maximum absolute atomic E-state index is 15.7. The summed E-state index contributed by atoms with van der Waals surface area (Å²) in [6.07, 6.45) is -16.3. The molecule has 0 spiro atoms. The molecule has 0 fully saturated rings. The molecule has 0 heterocycles. The van der Waals surface area contributed by atoms with Crippen molar-refractivity contribution < 1.29 is 149 Å². The summed E-state index contributed by atoms with van der Waals surface area (Å²) in [7, 11) is 0. The van der Waals surface area contributed by atoms with Crippen LogP contribution in [0, 0.1) is 0 Å². The van der Waals surface area contributed by atoms with Crippen molar-refractivity contribution >= 4 is 0 Å². The molecular formula is C30H20F34. The molecule has 378 valence electrons. The summed E-state index contributed by atoms with van der Waals surface area (Å²) in [6.45, 7) is 0.606. The van der Waals surface area contributed by atoms with E-state index in [-0.39, 0.29) is 41.5 Å². The Morgan fingerprint density at radius 3 is 0.484 bits per heavy atom. The molecule has 0 aliphatic rings. The first kappa shape index (κ1) is 58.9. The lowest BCUT2D eigenvalue weighted by Gasteiger charge is -2.44. The van der Waals surface area contributed by atoms with Crippen LogP contribution in [0.25, 0.3) is 0 Å². The standard InChI is InChI=1S/C30H20F34/c1-13(2,3)9-7-12(16(33,34)18(37,38)20(41,42)22(45,46)24(49,50)26(53,54)28(57,58)30(62,63)64)10(14(4,5)6)8-11(9)15(31,32)17(35,36)19(39,40)21(43,44)23(47,48)25(51,52)27(55,56)29(59,60)61/h7-8H,1-6H3. The van der Waals surface area contributed by atoms with Crippen LogP contribution in [0.4, 0.5) is 149 Å². The van der Waals surface area contributed by atoms with Crippen LogP contribution in [0.15, 0.2) is 12.1 Å². The normalized spacial score (nSPS) is 16.8. The molecule has 0 radical (unpaired) electrons. The number of alkyl halides is 34. The van der Waals surface area contributed by atoms with Crippen molar-refractivity contribution in [1.82, 2.24) is 0 Å². The van der Waals surface area contributed by atoms with E-state index in [1.165, 1.54) is 0 Å². The number of halogens is 34. The number of benzene rings is 1. The molecule has 0 N–H and O–H groups in total. The van der Waals surface area contributed by atoms with E-state index in [0.29, 0.717) is 0 Å². The van der Waals surface area contributed by atoms with Crippen molar-refractivity contribution in [2.75, 3.05) is 0 Å². The van der Waals surface area contributed by atoms with Crippen LogP contribution in [0.3, 0.4) is 0 Å². The quantitative estimate of drug-likeness (QED) is 0.163. The summed E-state index contributed by atoms with van der Waals surface area (Å²) in [4.78, 5) is 0. The molecule has 1 rings (SSSR count). The van der Waals surface area contributed by atoms with E-state index in [1.54, 1.807) is 0 Å². The first-order valence-corrected chi connectivity index (χ1v) is 15.6. The maximum atomic E-state index is 15.7. The third-order valence-corrected chi connectivity index (χ3v) is 8.89. The predicted octanol–water partition coefficient (Wildman–Crippen LogP) is 15.2. The predicted molar refractivity (Wildman–Crippen MR) is 143 cm³/mol. The Hall–Kier alpha value is -3.16. The largest absolute Gasteiger partial charge is 0.460 e. The summed E-state index contributed by atoms with van der Waals surface area (Å²) in [5, 5.41) is 0. The van der Waals surface area contributed by atoms with Crippen LogP contribution in [0.5, 0.6) is 0 Å². The average Bonchev–Trinajstić information content (AvgIpc) is 3.04. The Morgan fingerprint density at radius 2 is 0.344 bits per heavy atom. The highest BCUT2D eigenvalue weighted by molar-refractivity contribution is 5.50. The van der Waals surface area contributed by atoms with Gasteiger partial charge >= 0.3 is 95.3 Å². The molecule has 1 aromatic carbocycles. The lowest BCUT2D eigenvalue weighted by Crippen LogP contribution is -2.74. The Labute approximate surface area is 332 Å². The summed E-state index contributed by atoms with van der Waals surface area (Å²) in [6, 6.07) is -2.81. The fraction of sp³-hybridized carbons (Fsp3) is 0.800. The Kier molecular flexibility index (Phi) is 13.5. The van der Waals surface area contributed by atoms with Crippen LogP contribution >= 0.6 is 0 Å². The molecule has 0 aliphatic heterocycles. The zero-order valence-corrected chi connectivity index (χ0v) is 31.0. The monoisotopic (exact) mass is 1030 g/mol. The highest BCUT2D eigenvalue weighted by atomic mass is 19.4. The van der Waals surface area contributed by atoms with Crippen molar-refractivity contribution in [3.05, 3.63) is 34.4 Å². The highest BCUT2D eigenvalue weighted by Gasteiger charge is 2.97. The van der Waals surface area contributed by atoms with Crippen LogP contribution in [0.1, 0.15) is 63.8 Å². The topological polar surface area (TPSA) is 0 Å². The smallest absolute Gasteiger partial charge is 0.194 e. The van der Waals surface area contributed by atoms with Gasteiger partial charge in [0, 0.05) is 11.1 Å². The van der Waals surface area contributed by atoms with E-state index in [4.69, 9.17) is 0 Å². The van der Waals surface area contributed by atoms with Gasteiger partial charge in [-0.25, -0.2) is 0 Å². The van der Waals surface area contributed by atoms with Gasteiger partial charge in [-0.2, -0.15) is 149 Å². The average molecular weight is 1030 g/mol. The summed E-state index contributed by atoms with van der Waals surface area (Å²) in [5.41, 5.74) is -18.5. The Morgan fingerprint density at radius 1 is 0.203 bits per heavy atom. The second-order valence-corrected chi connectivity index (χ2v) is 15.5. The number of hydrogen-bond donors (Lipinski definition) is 0. The second-order valence-electron chi connectivity index (χ2n) is 15.5. The van der Waals surface area contributed by atoms with Crippen molar-refractivity contribution in [2.24, 2.45) is 0 Å². The van der Waals surface area contributed by atoms with Crippen molar-refractivity contribution in [1.29, 1.82) is 0 Å². The van der Waals surface area contributed by atoms with E-state index in [2.05, 4.69) is 0 Å². The van der Waals surface area contributed by atoms with Crippen LogP contribution in [-0.2, 0) is 22.7 Å². The molecule has 0 amide bonds. The first-order chi connectivity index (χ1) is 27.0. The minimum atomic E-state index is -9.27. The van der Waals surface area contributed by atoms with E-state index < -0.39 is 140 Å². The highest BCUT2D eigenvalue weighted by Crippen LogP contribution is 2.68. The molecule has 0 nitrogen and oxygen atoms in total. The number of rotatable bonds is 14. The Balaban J connectivity index is 4.55. The van der Waals surface area contributed by atoms with Gasteiger partial charge in [-0.3, -0.25) is 0 Å². The zero-order valence-electron chi connectivity index (χ0n) is 31.0. The van der Waals surface area contributed by atoms with Gasteiger partial charge in [-0.05, 0) is 34.1 Å². The van der Waals surface area contributed by atoms with Gasteiger partial charge in [0.1, 0.15) is 0 Å². The third kappa shape index (κ3) is 7.42. The molecule has 0 saturated carbocycles. The molecule has 0 aliphatic carbocycles. The third-order valence-electron chi connectivity index (χ3n) is 8.89. The summed E-state index contributed by atoms with van der Waals surface area (Å²) < 4.78 is 478. The minimum Gasteiger partial charge on any atom is -0.194 e. The van der Waals surface area contributed by atoms with Crippen molar-refractivity contribution in [3.8, 4) is 0 Å². The molecule has 0 aromatic heterocycles. The fourth-order valence-corrected chi connectivity index (χ4v) is 5.03. The molecule has 0 atom stereocenters. The fourth-order valence-electron chi connectivity index (χ4n) is 5.03. The van der Waals surface area contributed by atoms with Gasteiger partial charge < -0.3 is 0 Å².